The summed E-state index contributed by atoms with van der Waals surface area (Å²) >= 11 is 0. The van der Waals surface area contributed by atoms with Crippen molar-refractivity contribution in [3.63, 3.8) is 0 Å². The molecule has 0 aromatic heterocycles. The fourth-order valence-corrected chi connectivity index (χ4v) is 0.465. The van der Waals surface area contributed by atoms with Gasteiger partial charge in [-0.15, -0.1) is 6.58 Å². The molecule has 8 heavy (non-hydrogen) atoms. The standard InChI is InChI=1S/C7H15N/c1-4-5-7(8)6(2)3/h4,6-7H,1,5,8H2,2-3H3/t7-/m0/s1. The highest BCUT2D eigenvalue weighted by molar-refractivity contribution is 4.76. The van der Waals surface area contributed by atoms with Crippen molar-refractivity contribution in [1.82, 2.24) is 0 Å². The molecule has 0 amide bonds. The van der Waals surface area contributed by atoms with Crippen molar-refractivity contribution in [3.8, 4) is 0 Å². The van der Waals surface area contributed by atoms with E-state index in [4.69, 9.17) is 5.73 Å². The predicted molar refractivity (Wildman–Crippen MR) is 37.6 cm³/mol. The first-order valence-electron chi connectivity index (χ1n) is 3.05. The number of hydrogen-bond acceptors (Lipinski definition) is 1. The Bertz CT molecular complexity index is 66.8. The van der Waals surface area contributed by atoms with E-state index in [2.05, 4.69) is 20.4 Å². The van der Waals surface area contributed by atoms with Crippen LogP contribution < -0.4 is 5.73 Å². The molecule has 0 aromatic rings. The lowest BCUT2D eigenvalue weighted by Gasteiger charge is -2.11. The van der Waals surface area contributed by atoms with E-state index in [1.165, 1.54) is 0 Å². The van der Waals surface area contributed by atoms with Gasteiger partial charge in [-0.3, -0.25) is 0 Å². The average Bonchev–Trinajstić information content (AvgIpc) is 1.67. The van der Waals surface area contributed by atoms with Crippen molar-refractivity contribution in [2.24, 2.45) is 11.7 Å². The van der Waals surface area contributed by atoms with Crippen LogP contribution in [0.5, 0.6) is 0 Å². The van der Waals surface area contributed by atoms with Gasteiger partial charge in [0.2, 0.25) is 0 Å². The van der Waals surface area contributed by atoms with Crippen LogP contribution in [-0.2, 0) is 0 Å². The maximum absolute atomic E-state index is 5.66. The van der Waals surface area contributed by atoms with Crippen LogP contribution >= 0.6 is 0 Å². The highest BCUT2D eigenvalue weighted by Crippen LogP contribution is 2.01. The third kappa shape index (κ3) is 2.80. The monoisotopic (exact) mass is 113 g/mol. The van der Waals surface area contributed by atoms with Crippen molar-refractivity contribution in [3.05, 3.63) is 12.7 Å². The molecule has 1 atom stereocenters. The first-order valence-corrected chi connectivity index (χ1v) is 3.05. The Kier molecular flexibility index (Phi) is 3.53. The zero-order valence-electron chi connectivity index (χ0n) is 5.72. The summed E-state index contributed by atoms with van der Waals surface area (Å²) in [5.41, 5.74) is 5.66. The summed E-state index contributed by atoms with van der Waals surface area (Å²) in [5, 5.41) is 0. The van der Waals surface area contributed by atoms with Crippen molar-refractivity contribution in [2.45, 2.75) is 26.3 Å². The van der Waals surface area contributed by atoms with Gasteiger partial charge in [-0.05, 0) is 12.3 Å². The quantitative estimate of drug-likeness (QED) is 0.552. The Balaban J connectivity index is 3.30. The van der Waals surface area contributed by atoms with E-state index in [1.807, 2.05) is 6.08 Å². The van der Waals surface area contributed by atoms with Crippen LogP contribution in [0.4, 0.5) is 0 Å². The van der Waals surface area contributed by atoms with Crippen molar-refractivity contribution >= 4 is 0 Å². The summed E-state index contributed by atoms with van der Waals surface area (Å²) in [4.78, 5) is 0. The smallest absolute Gasteiger partial charge is 0.00965 e. The number of nitrogens with two attached hydrogens (primary N) is 1. The molecular weight excluding hydrogens is 98.1 g/mol. The molecular formula is C7H15N. The van der Waals surface area contributed by atoms with Crippen LogP contribution in [0.15, 0.2) is 12.7 Å². The zero-order valence-corrected chi connectivity index (χ0v) is 5.72. The summed E-state index contributed by atoms with van der Waals surface area (Å²) in [6.07, 6.45) is 2.79. The van der Waals surface area contributed by atoms with Gasteiger partial charge in [0.25, 0.3) is 0 Å². The molecule has 0 heterocycles. The SMILES string of the molecule is C=CC[C@H](N)C(C)C. The molecule has 0 aromatic carbocycles. The van der Waals surface area contributed by atoms with Crippen molar-refractivity contribution in [2.75, 3.05) is 0 Å². The highest BCUT2D eigenvalue weighted by Gasteiger charge is 2.02. The van der Waals surface area contributed by atoms with Gasteiger partial charge in [-0.2, -0.15) is 0 Å². The van der Waals surface area contributed by atoms with Gasteiger partial charge in [-0.25, -0.2) is 0 Å². The second-order valence-corrected chi connectivity index (χ2v) is 2.43. The maximum Gasteiger partial charge on any atom is 0.00965 e. The normalized spacial score (nSPS) is 14.0. The summed E-state index contributed by atoms with van der Waals surface area (Å²) in [6.45, 7) is 7.84. The summed E-state index contributed by atoms with van der Waals surface area (Å²) < 4.78 is 0. The van der Waals surface area contributed by atoms with E-state index < -0.39 is 0 Å². The second-order valence-electron chi connectivity index (χ2n) is 2.43. The van der Waals surface area contributed by atoms with E-state index in [0.717, 1.165) is 6.42 Å². The molecule has 0 rings (SSSR count). The van der Waals surface area contributed by atoms with E-state index in [1.54, 1.807) is 0 Å². The molecule has 0 unspecified atom stereocenters. The molecule has 0 spiro atoms. The van der Waals surface area contributed by atoms with Crippen LogP contribution in [0.25, 0.3) is 0 Å². The molecule has 0 aliphatic heterocycles. The topological polar surface area (TPSA) is 26.0 Å². The molecule has 0 saturated heterocycles. The van der Waals surface area contributed by atoms with Crippen LogP contribution in [0.2, 0.25) is 0 Å². The largest absolute Gasteiger partial charge is 0.327 e. The molecule has 48 valence electrons. The third-order valence-corrected chi connectivity index (χ3v) is 1.30. The molecule has 2 N–H and O–H groups in total. The fourth-order valence-electron chi connectivity index (χ4n) is 0.465. The molecule has 0 radical (unpaired) electrons. The van der Waals surface area contributed by atoms with Crippen molar-refractivity contribution in [1.29, 1.82) is 0 Å². The molecule has 1 nitrogen and oxygen atoms in total. The summed E-state index contributed by atoms with van der Waals surface area (Å²) in [5.74, 6) is 0.577. The fraction of sp³-hybridized carbons (Fsp3) is 0.714. The van der Waals surface area contributed by atoms with Crippen LogP contribution in [0.3, 0.4) is 0 Å². The molecule has 0 aliphatic carbocycles. The van der Waals surface area contributed by atoms with E-state index in [-0.39, 0.29) is 0 Å². The zero-order chi connectivity index (χ0) is 6.57. The van der Waals surface area contributed by atoms with E-state index in [9.17, 15) is 0 Å². The second kappa shape index (κ2) is 3.67. The first kappa shape index (κ1) is 7.70. The lowest BCUT2D eigenvalue weighted by molar-refractivity contribution is 0.498. The van der Waals surface area contributed by atoms with Crippen molar-refractivity contribution < 1.29 is 0 Å². The molecule has 0 aliphatic rings. The Labute approximate surface area is 51.6 Å². The lowest BCUT2D eigenvalue weighted by atomic mass is 10.0. The maximum atomic E-state index is 5.66. The summed E-state index contributed by atoms with van der Waals surface area (Å²) in [6, 6.07) is 0.299. The van der Waals surface area contributed by atoms with Gasteiger partial charge < -0.3 is 5.73 Å². The Morgan fingerprint density at radius 1 is 1.62 bits per heavy atom. The van der Waals surface area contributed by atoms with Gasteiger partial charge in [-0.1, -0.05) is 19.9 Å². The minimum Gasteiger partial charge on any atom is -0.327 e. The minimum atomic E-state index is 0.299. The van der Waals surface area contributed by atoms with Crippen LogP contribution in [0.1, 0.15) is 20.3 Å². The van der Waals surface area contributed by atoms with Gasteiger partial charge in [0, 0.05) is 6.04 Å². The number of hydrogen-bond donors (Lipinski definition) is 1. The van der Waals surface area contributed by atoms with Gasteiger partial charge >= 0.3 is 0 Å². The van der Waals surface area contributed by atoms with Crippen LogP contribution in [0, 0.1) is 5.92 Å². The number of rotatable bonds is 3. The molecule has 0 bridgehead atoms. The highest BCUT2D eigenvalue weighted by atomic mass is 14.6. The first-order chi connectivity index (χ1) is 3.68. The molecule has 1 heteroatoms. The van der Waals surface area contributed by atoms with Gasteiger partial charge in [0.05, 0.1) is 0 Å². The molecule has 0 fully saturated rings. The predicted octanol–water partition coefficient (Wildman–Crippen LogP) is 1.55. The van der Waals surface area contributed by atoms with Gasteiger partial charge in [0.1, 0.15) is 0 Å². The Morgan fingerprint density at radius 3 is 2.25 bits per heavy atom. The van der Waals surface area contributed by atoms with E-state index >= 15 is 0 Å². The Hall–Kier alpha value is -0.300. The third-order valence-electron chi connectivity index (χ3n) is 1.30. The van der Waals surface area contributed by atoms with Crippen LogP contribution in [-0.4, -0.2) is 6.04 Å². The minimum absolute atomic E-state index is 0.299. The van der Waals surface area contributed by atoms with Gasteiger partial charge in [0.15, 0.2) is 0 Å². The average molecular weight is 113 g/mol. The summed E-state index contributed by atoms with van der Waals surface area (Å²) in [7, 11) is 0. The molecule has 0 saturated carbocycles. The van der Waals surface area contributed by atoms with E-state index in [0.29, 0.717) is 12.0 Å². The lowest BCUT2D eigenvalue weighted by Crippen LogP contribution is -2.25. The Morgan fingerprint density at radius 2 is 2.12 bits per heavy atom.